The second kappa shape index (κ2) is 9.93. The molecule has 4 rings (SSSR count). The Morgan fingerprint density at radius 1 is 1.29 bits per heavy atom. The second-order valence-corrected chi connectivity index (χ2v) is 8.32. The van der Waals surface area contributed by atoms with Crippen LogP contribution >= 0.6 is 0 Å². The third-order valence-electron chi connectivity index (χ3n) is 5.39. The number of ketones is 1. The largest absolute Gasteiger partial charge is 0.462 e. The number of carbonyl (C=O) groups is 2. The van der Waals surface area contributed by atoms with Crippen LogP contribution in [0.3, 0.4) is 0 Å². The summed E-state index contributed by atoms with van der Waals surface area (Å²) in [6, 6.07) is 10.0. The van der Waals surface area contributed by atoms with E-state index in [0.717, 1.165) is 34.3 Å². The van der Waals surface area contributed by atoms with Gasteiger partial charge in [0.15, 0.2) is 11.3 Å². The number of aryl methyl sites for hydroxylation is 1. The minimum Gasteiger partial charge on any atom is -0.462 e. The number of fused-ring (bicyclic) bond motifs is 1. The molecular weight excluding hydrogens is 432 g/mol. The SMILES string of the molecule is CCOC(=O)C1=C(Nc2ccc(CNC(C)C)cc2C)OC(=Cc2c[nH]c3ncccc23)C1=O. The summed E-state index contributed by atoms with van der Waals surface area (Å²) in [6.07, 6.45) is 5.02. The first-order valence-electron chi connectivity index (χ1n) is 11.2. The summed E-state index contributed by atoms with van der Waals surface area (Å²) in [5.41, 5.74) is 4.09. The number of Topliss-reactive ketones (excluding diaryl/α,β-unsaturated/α-hetero) is 1. The van der Waals surface area contributed by atoms with Crippen molar-refractivity contribution in [3.63, 3.8) is 0 Å². The van der Waals surface area contributed by atoms with Gasteiger partial charge in [-0.25, -0.2) is 9.78 Å². The summed E-state index contributed by atoms with van der Waals surface area (Å²) < 4.78 is 11.0. The molecule has 8 nitrogen and oxygen atoms in total. The molecule has 0 saturated carbocycles. The number of esters is 1. The molecule has 0 fully saturated rings. The molecule has 0 atom stereocenters. The maximum Gasteiger partial charge on any atom is 0.347 e. The van der Waals surface area contributed by atoms with Crippen LogP contribution in [0.2, 0.25) is 0 Å². The number of carbonyl (C=O) groups excluding carboxylic acids is 2. The number of rotatable bonds is 8. The van der Waals surface area contributed by atoms with Gasteiger partial charge in [-0.3, -0.25) is 4.79 Å². The van der Waals surface area contributed by atoms with Crippen LogP contribution < -0.4 is 10.6 Å². The lowest BCUT2D eigenvalue weighted by Gasteiger charge is -2.14. The number of nitrogens with one attached hydrogen (secondary N) is 3. The molecule has 176 valence electrons. The Morgan fingerprint density at radius 2 is 2.12 bits per heavy atom. The zero-order valence-corrected chi connectivity index (χ0v) is 19.7. The minimum absolute atomic E-state index is 0.0331. The van der Waals surface area contributed by atoms with Gasteiger partial charge in [-0.05, 0) is 49.2 Å². The van der Waals surface area contributed by atoms with Crippen LogP contribution in [0.25, 0.3) is 17.1 Å². The summed E-state index contributed by atoms with van der Waals surface area (Å²) in [5, 5.41) is 7.35. The van der Waals surface area contributed by atoms with Gasteiger partial charge in [0.2, 0.25) is 11.7 Å². The van der Waals surface area contributed by atoms with Gasteiger partial charge in [-0.1, -0.05) is 26.0 Å². The number of nitrogens with zero attached hydrogens (tertiary/aromatic N) is 1. The standard InChI is InChI=1S/C26H28N4O4/c1-5-33-26(32)22-23(31)21(12-18-14-29-24-19(18)7-6-10-27-24)34-25(22)30-20-9-8-17(11-16(20)4)13-28-15(2)3/h6-12,14-15,28,30H,5,13H2,1-4H3,(H,27,29). The van der Waals surface area contributed by atoms with Crippen LogP contribution in [0, 0.1) is 6.92 Å². The van der Waals surface area contributed by atoms with E-state index in [1.807, 2.05) is 31.2 Å². The van der Waals surface area contributed by atoms with E-state index in [0.29, 0.717) is 11.7 Å². The summed E-state index contributed by atoms with van der Waals surface area (Å²) in [4.78, 5) is 33.1. The first-order chi connectivity index (χ1) is 16.4. The van der Waals surface area contributed by atoms with Gasteiger partial charge in [-0.2, -0.15) is 0 Å². The number of pyridine rings is 1. The lowest BCUT2D eigenvalue weighted by Crippen LogP contribution is -2.21. The Hall–Kier alpha value is -3.91. The van der Waals surface area contributed by atoms with Crippen LogP contribution in [-0.4, -0.2) is 34.4 Å². The highest BCUT2D eigenvalue weighted by Crippen LogP contribution is 2.31. The highest BCUT2D eigenvalue weighted by Gasteiger charge is 2.37. The number of hydrogen-bond acceptors (Lipinski definition) is 7. The maximum atomic E-state index is 13.1. The topological polar surface area (TPSA) is 105 Å². The highest BCUT2D eigenvalue weighted by molar-refractivity contribution is 6.26. The summed E-state index contributed by atoms with van der Waals surface area (Å²) >= 11 is 0. The molecule has 0 bridgehead atoms. The summed E-state index contributed by atoms with van der Waals surface area (Å²) in [7, 11) is 0. The Labute approximate surface area is 198 Å². The van der Waals surface area contributed by atoms with Crippen LogP contribution in [0.15, 0.2) is 59.9 Å². The van der Waals surface area contributed by atoms with Crippen molar-refractivity contribution >= 4 is 34.5 Å². The van der Waals surface area contributed by atoms with E-state index in [9.17, 15) is 9.59 Å². The van der Waals surface area contributed by atoms with E-state index in [4.69, 9.17) is 9.47 Å². The van der Waals surface area contributed by atoms with Gasteiger partial charge in [0, 0.05) is 41.6 Å². The highest BCUT2D eigenvalue weighted by atomic mass is 16.5. The molecule has 34 heavy (non-hydrogen) atoms. The van der Waals surface area contributed by atoms with E-state index in [1.54, 1.807) is 25.4 Å². The predicted molar refractivity (Wildman–Crippen MR) is 131 cm³/mol. The van der Waals surface area contributed by atoms with E-state index in [1.165, 1.54) is 0 Å². The molecule has 3 N–H and O–H groups in total. The summed E-state index contributed by atoms with van der Waals surface area (Å²) in [5.74, 6) is -1.17. The molecule has 0 radical (unpaired) electrons. The van der Waals surface area contributed by atoms with Gasteiger partial charge in [-0.15, -0.1) is 0 Å². The Morgan fingerprint density at radius 3 is 2.85 bits per heavy atom. The first-order valence-corrected chi connectivity index (χ1v) is 11.2. The Kier molecular flexibility index (Phi) is 6.79. The van der Waals surface area contributed by atoms with Gasteiger partial charge >= 0.3 is 5.97 Å². The lowest BCUT2D eigenvalue weighted by atomic mass is 10.1. The van der Waals surface area contributed by atoms with Crippen molar-refractivity contribution in [2.75, 3.05) is 11.9 Å². The maximum absolute atomic E-state index is 13.1. The quantitative estimate of drug-likeness (QED) is 0.263. The molecule has 0 amide bonds. The number of hydrogen-bond donors (Lipinski definition) is 3. The molecule has 2 aromatic heterocycles. The Balaban J connectivity index is 1.64. The van der Waals surface area contributed by atoms with Crippen LogP contribution in [0.5, 0.6) is 0 Å². The fraction of sp³-hybridized carbons (Fsp3) is 0.269. The fourth-order valence-corrected chi connectivity index (χ4v) is 3.66. The molecule has 0 unspecified atom stereocenters. The normalized spacial score (nSPS) is 14.9. The van der Waals surface area contributed by atoms with Crippen molar-refractivity contribution < 1.29 is 19.1 Å². The first kappa shape index (κ1) is 23.3. The van der Waals surface area contributed by atoms with Gasteiger partial charge in [0.05, 0.1) is 6.61 Å². The number of benzene rings is 1. The van der Waals surface area contributed by atoms with Gasteiger partial charge in [0.1, 0.15) is 5.65 Å². The molecule has 0 aliphatic carbocycles. The Bertz CT molecular complexity index is 1300. The summed E-state index contributed by atoms with van der Waals surface area (Å²) in [6.45, 7) is 8.73. The van der Waals surface area contributed by atoms with Gasteiger partial charge in [0.25, 0.3) is 0 Å². The van der Waals surface area contributed by atoms with Crippen molar-refractivity contribution in [2.24, 2.45) is 0 Å². The van der Waals surface area contributed by atoms with Crippen molar-refractivity contribution in [3.05, 3.63) is 76.6 Å². The number of aromatic nitrogens is 2. The van der Waals surface area contributed by atoms with Crippen molar-refractivity contribution in [1.29, 1.82) is 0 Å². The average molecular weight is 461 g/mol. The molecular formula is C26H28N4O4. The van der Waals surface area contributed by atoms with Crippen molar-refractivity contribution in [2.45, 2.75) is 40.3 Å². The third kappa shape index (κ3) is 4.87. The molecule has 3 heterocycles. The number of allylic oxidation sites excluding steroid dienone is 1. The zero-order valence-electron chi connectivity index (χ0n) is 19.7. The van der Waals surface area contributed by atoms with Crippen LogP contribution in [0.1, 0.15) is 37.5 Å². The third-order valence-corrected chi connectivity index (χ3v) is 5.39. The van der Waals surface area contributed by atoms with E-state index in [2.05, 4.69) is 40.5 Å². The molecule has 0 saturated heterocycles. The number of aromatic amines is 1. The smallest absolute Gasteiger partial charge is 0.347 e. The molecule has 8 heteroatoms. The number of H-pyrrole nitrogens is 1. The van der Waals surface area contributed by atoms with Crippen molar-refractivity contribution in [3.8, 4) is 0 Å². The zero-order chi connectivity index (χ0) is 24.2. The van der Waals surface area contributed by atoms with E-state index < -0.39 is 11.8 Å². The minimum atomic E-state index is -0.727. The molecule has 3 aromatic rings. The fourth-order valence-electron chi connectivity index (χ4n) is 3.66. The lowest BCUT2D eigenvalue weighted by molar-refractivity contribution is -0.139. The van der Waals surface area contributed by atoms with Crippen molar-refractivity contribution in [1.82, 2.24) is 15.3 Å². The number of ether oxygens (including phenoxy) is 2. The van der Waals surface area contributed by atoms with E-state index >= 15 is 0 Å². The van der Waals surface area contributed by atoms with Crippen LogP contribution in [-0.2, 0) is 25.6 Å². The molecule has 0 spiro atoms. The second-order valence-electron chi connectivity index (χ2n) is 8.32. The molecule has 1 aliphatic heterocycles. The molecule has 1 aliphatic rings. The van der Waals surface area contributed by atoms with E-state index in [-0.39, 0.29) is 23.8 Å². The monoisotopic (exact) mass is 460 g/mol. The molecule has 1 aromatic carbocycles. The van der Waals surface area contributed by atoms with Crippen LogP contribution in [0.4, 0.5) is 5.69 Å². The van der Waals surface area contributed by atoms with Gasteiger partial charge < -0.3 is 25.1 Å². The predicted octanol–water partition coefficient (Wildman–Crippen LogP) is 4.20. The number of anilines is 1. The average Bonchev–Trinajstić information content (AvgIpc) is 3.35.